The van der Waals surface area contributed by atoms with Crippen LogP contribution in [-0.4, -0.2) is 27.6 Å². The summed E-state index contributed by atoms with van der Waals surface area (Å²) in [5, 5.41) is 14.2. The number of ketones is 1. The molecule has 28 heavy (non-hydrogen) atoms. The largest absolute Gasteiger partial charge is 0.351 e. The van der Waals surface area contributed by atoms with Crippen molar-refractivity contribution in [2.45, 2.75) is 39.3 Å². The van der Waals surface area contributed by atoms with Crippen molar-refractivity contribution in [3.8, 4) is 0 Å². The van der Waals surface area contributed by atoms with Gasteiger partial charge in [-0.1, -0.05) is 56.8 Å². The van der Waals surface area contributed by atoms with Crippen LogP contribution in [0, 0.1) is 12.3 Å². The van der Waals surface area contributed by atoms with Crippen LogP contribution in [0.25, 0.3) is 10.8 Å². The number of thiophene rings is 1. The van der Waals surface area contributed by atoms with Crippen molar-refractivity contribution in [1.29, 1.82) is 0 Å². The molecular formula is C21H23N3O2S2. The first-order valence-corrected chi connectivity index (χ1v) is 10.8. The summed E-state index contributed by atoms with van der Waals surface area (Å²) in [4.78, 5) is 26.2. The van der Waals surface area contributed by atoms with Crippen LogP contribution in [0.2, 0.25) is 0 Å². The smallest absolute Gasteiger partial charge is 0.225 e. The van der Waals surface area contributed by atoms with E-state index in [2.05, 4.69) is 15.5 Å². The van der Waals surface area contributed by atoms with E-state index in [9.17, 15) is 9.59 Å². The van der Waals surface area contributed by atoms with Crippen LogP contribution in [0.15, 0.2) is 41.4 Å². The number of hydrogen-bond donors (Lipinski definition) is 1. The molecule has 0 saturated heterocycles. The van der Waals surface area contributed by atoms with Gasteiger partial charge in [0.1, 0.15) is 5.03 Å². The average Bonchev–Trinajstić information content (AvgIpc) is 3.14. The van der Waals surface area contributed by atoms with Crippen LogP contribution in [0.5, 0.6) is 0 Å². The molecule has 1 aromatic carbocycles. The highest BCUT2D eigenvalue weighted by Gasteiger charge is 2.21. The number of nitrogens with zero attached hydrogens (tertiary/aromatic N) is 2. The summed E-state index contributed by atoms with van der Waals surface area (Å²) in [5.74, 6) is 0.347. The number of carbonyl (C=O) groups excluding carboxylic acids is 2. The van der Waals surface area contributed by atoms with Crippen molar-refractivity contribution in [2.24, 2.45) is 5.41 Å². The quantitative estimate of drug-likeness (QED) is 0.471. The van der Waals surface area contributed by atoms with E-state index >= 15 is 0 Å². The second kappa shape index (κ2) is 8.41. The summed E-state index contributed by atoms with van der Waals surface area (Å²) in [6.07, 6.45) is 0. The molecule has 0 aliphatic heterocycles. The summed E-state index contributed by atoms with van der Waals surface area (Å²) in [7, 11) is 0. The van der Waals surface area contributed by atoms with Crippen LogP contribution in [0.1, 0.15) is 41.0 Å². The molecule has 3 aromatic rings. The lowest BCUT2D eigenvalue weighted by Crippen LogP contribution is -2.34. The van der Waals surface area contributed by atoms with Crippen molar-refractivity contribution < 1.29 is 9.59 Å². The van der Waals surface area contributed by atoms with Crippen LogP contribution in [0.4, 0.5) is 0 Å². The Balaban J connectivity index is 1.63. The van der Waals surface area contributed by atoms with E-state index in [1.54, 1.807) is 0 Å². The number of aryl methyl sites for hydroxylation is 1. The van der Waals surface area contributed by atoms with Gasteiger partial charge in [0, 0.05) is 21.1 Å². The predicted octanol–water partition coefficient (Wildman–Crippen LogP) is 4.64. The minimum atomic E-state index is -0.426. The van der Waals surface area contributed by atoms with Gasteiger partial charge in [0.05, 0.1) is 22.9 Å². The Morgan fingerprint density at radius 1 is 1.07 bits per heavy atom. The van der Waals surface area contributed by atoms with Crippen molar-refractivity contribution >= 4 is 45.6 Å². The molecule has 0 saturated carbocycles. The molecule has 0 unspecified atom stereocenters. The molecule has 0 bridgehead atoms. The molecule has 1 amide bonds. The molecule has 0 spiro atoms. The van der Waals surface area contributed by atoms with Crippen LogP contribution >= 0.6 is 23.1 Å². The highest BCUT2D eigenvalue weighted by Crippen LogP contribution is 2.28. The zero-order valence-corrected chi connectivity index (χ0v) is 18.0. The Morgan fingerprint density at radius 3 is 2.50 bits per heavy atom. The van der Waals surface area contributed by atoms with Crippen LogP contribution in [0.3, 0.4) is 0 Å². The molecule has 0 fully saturated rings. The fourth-order valence-corrected chi connectivity index (χ4v) is 4.41. The van der Waals surface area contributed by atoms with Crippen LogP contribution < -0.4 is 5.32 Å². The zero-order valence-electron chi connectivity index (χ0n) is 16.4. The molecule has 0 aliphatic carbocycles. The molecule has 2 heterocycles. The summed E-state index contributed by atoms with van der Waals surface area (Å²) >= 11 is 2.83. The summed E-state index contributed by atoms with van der Waals surface area (Å²) in [6.45, 7) is 8.00. The highest BCUT2D eigenvalue weighted by atomic mass is 32.2. The Hall–Kier alpha value is -2.25. The van der Waals surface area contributed by atoms with E-state index in [4.69, 9.17) is 0 Å². The lowest BCUT2D eigenvalue weighted by atomic mass is 9.96. The highest BCUT2D eigenvalue weighted by molar-refractivity contribution is 8.00. The van der Waals surface area contributed by atoms with E-state index in [1.807, 2.05) is 64.1 Å². The van der Waals surface area contributed by atoms with Gasteiger partial charge in [-0.15, -0.1) is 16.4 Å². The standard InChI is InChI=1S/C21H23N3O2S2/c1-13-15-7-5-6-8-16(15)19(24-23-13)27-12-17(25)18-10-9-14(28-18)11-22-20(26)21(2,3)4/h5-10H,11-12H2,1-4H3,(H,22,26). The molecular weight excluding hydrogens is 390 g/mol. The molecule has 2 aromatic heterocycles. The van der Waals surface area contributed by atoms with Crippen molar-refractivity contribution in [3.05, 3.63) is 51.8 Å². The maximum atomic E-state index is 12.6. The average molecular weight is 414 g/mol. The van der Waals surface area contributed by atoms with E-state index < -0.39 is 5.41 Å². The normalized spacial score (nSPS) is 11.6. The molecule has 0 atom stereocenters. The maximum Gasteiger partial charge on any atom is 0.225 e. The van der Waals surface area contributed by atoms with Gasteiger partial charge in [0.15, 0.2) is 5.78 Å². The van der Waals surface area contributed by atoms with Gasteiger partial charge in [-0.25, -0.2) is 0 Å². The number of thioether (sulfide) groups is 1. The predicted molar refractivity (Wildman–Crippen MR) is 115 cm³/mol. The Morgan fingerprint density at radius 2 is 1.79 bits per heavy atom. The summed E-state index contributed by atoms with van der Waals surface area (Å²) in [6, 6.07) is 11.7. The second-order valence-corrected chi connectivity index (χ2v) is 9.68. The van der Waals surface area contributed by atoms with Gasteiger partial charge >= 0.3 is 0 Å². The molecule has 1 N–H and O–H groups in total. The third-order valence-electron chi connectivity index (χ3n) is 4.22. The van der Waals surface area contributed by atoms with E-state index in [0.29, 0.717) is 17.2 Å². The lowest BCUT2D eigenvalue weighted by Gasteiger charge is -2.17. The number of benzene rings is 1. The SMILES string of the molecule is Cc1nnc(SCC(=O)c2ccc(CNC(=O)C(C)(C)C)s2)c2ccccc12. The fourth-order valence-electron chi connectivity index (χ4n) is 2.58. The first kappa shape index (κ1) is 20.5. The van der Waals surface area contributed by atoms with Gasteiger partial charge < -0.3 is 5.32 Å². The van der Waals surface area contributed by atoms with E-state index in [1.165, 1.54) is 23.1 Å². The Kier molecular flexibility index (Phi) is 6.15. The number of fused-ring (bicyclic) bond motifs is 1. The van der Waals surface area contributed by atoms with Crippen molar-refractivity contribution in [3.63, 3.8) is 0 Å². The molecule has 0 radical (unpaired) electrons. The first-order chi connectivity index (χ1) is 13.3. The zero-order chi connectivity index (χ0) is 20.3. The van der Waals surface area contributed by atoms with Gasteiger partial charge in [0.2, 0.25) is 5.91 Å². The van der Waals surface area contributed by atoms with Gasteiger partial charge in [-0.3, -0.25) is 9.59 Å². The molecule has 0 aliphatic rings. The Labute approximate surface area is 172 Å². The number of hydrogen-bond acceptors (Lipinski definition) is 6. The molecule has 7 heteroatoms. The molecule has 3 rings (SSSR count). The van der Waals surface area contributed by atoms with Gasteiger partial charge in [-0.2, -0.15) is 5.10 Å². The van der Waals surface area contributed by atoms with Crippen molar-refractivity contribution in [1.82, 2.24) is 15.5 Å². The van der Waals surface area contributed by atoms with Gasteiger partial charge in [-0.05, 0) is 19.1 Å². The number of amides is 1. The monoisotopic (exact) mass is 413 g/mol. The second-order valence-electron chi connectivity index (χ2n) is 7.55. The third-order valence-corrected chi connectivity index (χ3v) is 6.33. The van der Waals surface area contributed by atoms with E-state index in [0.717, 1.165) is 26.4 Å². The number of aromatic nitrogens is 2. The molecule has 146 valence electrons. The number of Topliss-reactive ketones (excluding diaryl/α,β-unsaturated/α-hetero) is 1. The third kappa shape index (κ3) is 4.77. The van der Waals surface area contributed by atoms with Gasteiger partial charge in [0.25, 0.3) is 0 Å². The molecule has 5 nitrogen and oxygen atoms in total. The minimum Gasteiger partial charge on any atom is -0.351 e. The van der Waals surface area contributed by atoms with Crippen molar-refractivity contribution in [2.75, 3.05) is 5.75 Å². The number of nitrogens with one attached hydrogen (secondary N) is 1. The first-order valence-electron chi connectivity index (χ1n) is 9.01. The Bertz CT molecular complexity index is 1020. The number of carbonyl (C=O) groups is 2. The number of rotatable bonds is 6. The van der Waals surface area contributed by atoms with Crippen LogP contribution in [-0.2, 0) is 11.3 Å². The summed E-state index contributed by atoms with van der Waals surface area (Å²) < 4.78 is 0. The minimum absolute atomic E-state index is 0.00541. The maximum absolute atomic E-state index is 12.6. The topological polar surface area (TPSA) is 72.0 Å². The van der Waals surface area contributed by atoms with E-state index in [-0.39, 0.29) is 11.7 Å². The summed E-state index contributed by atoms with van der Waals surface area (Å²) in [5.41, 5.74) is 0.455. The lowest BCUT2D eigenvalue weighted by molar-refractivity contribution is -0.128. The fraction of sp³-hybridized carbons (Fsp3) is 0.333.